The first kappa shape index (κ1) is 9.55. The van der Waals surface area contributed by atoms with Crippen molar-refractivity contribution in [1.29, 1.82) is 0 Å². The number of halogens is 2. The molecule has 0 unspecified atom stereocenters. The summed E-state index contributed by atoms with van der Waals surface area (Å²) < 4.78 is 31.0. The van der Waals surface area contributed by atoms with Gasteiger partial charge in [-0.3, -0.25) is 0 Å². The molecule has 0 aromatic heterocycles. The van der Waals surface area contributed by atoms with Crippen molar-refractivity contribution in [3.8, 4) is 0 Å². The van der Waals surface area contributed by atoms with Crippen LogP contribution in [0, 0.1) is 11.6 Å². The maximum Gasteiger partial charge on any atom is 0.145 e. The largest absolute Gasteiger partial charge is 0.390 e. The fourth-order valence-corrected chi connectivity index (χ4v) is 1.53. The van der Waals surface area contributed by atoms with Gasteiger partial charge in [-0.15, -0.1) is 0 Å². The molecule has 1 fully saturated rings. The third-order valence-electron chi connectivity index (χ3n) is 2.52. The number of epoxide rings is 1. The number of ether oxygens (including phenoxy) is 1. The van der Waals surface area contributed by atoms with Crippen LogP contribution in [0.25, 0.3) is 0 Å². The second kappa shape index (κ2) is 3.00. The zero-order valence-electron chi connectivity index (χ0n) is 7.63. The zero-order valence-corrected chi connectivity index (χ0v) is 7.63. The van der Waals surface area contributed by atoms with Gasteiger partial charge in [0.1, 0.15) is 17.2 Å². The molecule has 1 aromatic rings. The minimum atomic E-state index is -0.961. The number of rotatable bonds is 2. The van der Waals surface area contributed by atoms with Crippen molar-refractivity contribution >= 4 is 0 Å². The van der Waals surface area contributed by atoms with Gasteiger partial charge < -0.3 is 9.84 Å². The molecular weight excluding hydrogens is 190 g/mol. The minimum absolute atomic E-state index is 0.217. The average molecular weight is 200 g/mol. The molecule has 1 N–H and O–H groups in total. The van der Waals surface area contributed by atoms with E-state index >= 15 is 0 Å². The first-order valence-corrected chi connectivity index (χ1v) is 4.34. The van der Waals surface area contributed by atoms with E-state index in [0.717, 1.165) is 12.1 Å². The van der Waals surface area contributed by atoms with Crippen LogP contribution < -0.4 is 0 Å². The van der Waals surface area contributed by atoms with Crippen LogP contribution in [0.1, 0.15) is 12.5 Å². The molecule has 2 rings (SSSR count). The molecule has 0 amide bonds. The highest BCUT2D eigenvalue weighted by molar-refractivity contribution is 5.30. The number of benzene rings is 1. The van der Waals surface area contributed by atoms with E-state index in [1.807, 2.05) is 0 Å². The topological polar surface area (TPSA) is 32.8 Å². The van der Waals surface area contributed by atoms with Crippen LogP contribution in [0.4, 0.5) is 8.78 Å². The Morgan fingerprint density at radius 2 is 2.14 bits per heavy atom. The van der Waals surface area contributed by atoms with Crippen molar-refractivity contribution in [2.24, 2.45) is 0 Å². The Bertz CT molecular complexity index is 359. The third-order valence-corrected chi connectivity index (χ3v) is 2.52. The lowest BCUT2D eigenvalue weighted by Crippen LogP contribution is -2.25. The molecule has 1 aliphatic heterocycles. The lowest BCUT2D eigenvalue weighted by molar-refractivity contribution is 0.0863. The van der Waals surface area contributed by atoms with Gasteiger partial charge in [0.05, 0.1) is 12.7 Å². The molecule has 2 nitrogen and oxygen atoms in total. The van der Waals surface area contributed by atoms with E-state index in [4.69, 9.17) is 4.74 Å². The van der Waals surface area contributed by atoms with Crippen molar-refractivity contribution in [2.75, 3.05) is 6.61 Å². The van der Waals surface area contributed by atoms with Crippen LogP contribution in [0.15, 0.2) is 18.2 Å². The molecule has 4 heteroatoms. The summed E-state index contributed by atoms with van der Waals surface area (Å²) in [6.07, 6.45) is -0.803. The van der Waals surface area contributed by atoms with Gasteiger partial charge in [0.25, 0.3) is 0 Å². The van der Waals surface area contributed by atoms with Crippen LogP contribution in [-0.4, -0.2) is 17.8 Å². The molecule has 0 saturated carbocycles. The highest BCUT2D eigenvalue weighted by Crippen LogP contribution is 2.43. The molecule has 1 aliphatic rings. The quantitative estimate of drug-likeness (QED) is 0.735. The molecule has 1 heterocycles. The Balaban J connectivity index is 2.42. The first-order chi connectivity index (χ1) is 6.56. The van der Waals surface area contributed by atoms with Gasteiger partial charge in [-0.2, -0.15) is 0 Å². The van der Waals surface area contributed by atoms with Gasteiger partial charge in [0.15, 0.2) is 0 Å². The average Bonchev–Trinajstić information content (AvgIpc) is 2.84. The molecule has 2 atom stereocenters. The maximum atomic E-state index is 13.3. The van der Waals surface area contributed by atoms with E-state index in [1.54, 1.807) is 0 Å². The summed E-state index contributed by atoms with van der Waals surface area (Å²) in [5.41, 5.74) is -0.744. The Morgan fingerprint density at radius 1 is 1.50 bits per heavy atom. The number of hydrogen-bond donors (Lipinski definition) is 1. The van der Waals surface area contributed by atoms with E-state index < -0.39 is 23.3 Å². The van der Waals surface area contributed by atoms with Gasteiger partial charge in [-0.25, -0.2) is 8.78 Å². The fraction of sp³-hybridized carbons (Fsp3) is 0.400. The van der Waals surface area contributed by atoms with Gasteiger partial charge in [0.2, 0.25) is 0 Å². The van der Waals surface area contributed by atoms with E-state index in [2.05, 4.69) is 0 Å². The van der Waals surface area contributed by atoms with Crippen LogP contribution in [-0.2, 0) is 10.3 Å². The van der Waals surface area contributed by atoms with E-state index in [9.17, 15) is 13.9 Å². The molecule has 0 aliphatic carbocycles. The highest BCUT2D eigenvalue weighted by atomic mass is 19.1. The zero-order chi connectivity index (χ0) is 10.3. The summed E-state index contributed by atoms with van der Waals surface area (Å²) in [5, 5.41) is 9.40. The van der Waals surface area contributed by atoms with Crippen molar-refractivity contribution < 1.29 is 18.6 Å². The van der Waals surface area contributed by atoms with Crippen molar-refractivity contribution in [1.82, 2.24) is 0 Å². The number of hydrogen-bond acceptors (Lipinski definition) is 2. The van der Waals surface area contributed by atoms with Gasteiger partial charge in [0, 0.05) is 11.6 Å². The summed E-state index contributed by atoms with van der Waals surface area (Å²) in [7, 11) is 0. The van der Waals surface area contributed by atoms with E-state index in [0.29, 0.717) is 0 Å². The van der Waals surface area contributed by atoms with Crippen molar-refractivity contribution in [3.05, 3.63) is 35.4 Å². The lowest BCUT2D eigenvalue weighted by Gasteiger charge is -2.15. The first-order valence-electron chi connectivity index (χ1n) is 4.34. The SMILES string of the molecule is C[C@H](O)[C@]1(c2ccc(F)cc2F)CO1. The number of aliphatic hydroxyl groups excluding tert-OH is 1. The van der Waals surface area contributed by atoms with E-state index in [1.165, 1.54) is 13.0 Å². The molecule has 14 heavy (non-hydrogen) atoms. The Labute approximate surface area is 80.1 Å². The summed E-state index contributed by atoms with van der Waals surface area (Å²) >= 11 is 0. The highest BCUT2D eigenvalue weighted by Gasteiger charge is 2.52. The molecule has 1 aromatic carbocycles. The summed E-state index contributed by atoms with van der Waals surface area (Å²) in [4.78, 5) is 0. The van der Waals surface area contributed by atoms with Gasteiger partial charge >= 0.3 is 0 Å². The second-order valence-corrected chi connectivity index (χ2v) is 3.48. The molecule has 76 valence electrons. The summed E-state index contributed by atoms with van der Waals surface area (Å²) in [5.74, 6) is -1.31. The monoisotopic (exact) mass is 200 g/mol. The van der Waals surface area contributed by atoms with Crippen LogP contribution >= 0.6 is 0 Å². The second-order valence-electron chi connectivity index (χ2n) is 3.48. The summed E-state index contributed by atoms with van der Waals surface area (Å²) in [6.45, 7) is 1.79. The molecule has 0 bridgehead atoms. The fourth-order valence-electron chi connectivity index (χ4n) is 1.53. The van der Waals surface area contributed by atoms with Gasteiger partial charge in [-0.05, 0) is 13.0 Å². The normalized spacial score (nSPS) is 27.4. The molecule has 0 spiro atoms. The summed E-state index contributed by atoms with van der Waals surface area (Å²) in [6, 6.07) is 3.26. The standard InChI is InChI=1S/C10H10F2O2/c1-6(13)10(5-14-10)8-3-2-7(11)4-9(8)12/h2-4,6,13H,5H2,1H3/t6-,10-/m0/s1. The Hall–Kier alpha value is -1.00. The van der Waals surface area contributed by atoms with Gasteiger partial charge in [-0.1, -0.05) is 6.07 Å². The van der Waals surface area contributed by atoms with Crippen molar-refractivity contribution in [3.63, 3.8) is 0 Å². The Morgan fingerprint density at radius 3 is 2.57 bits per heavy atom. The van der Waals surface area contributed by atoms with E-state index in [-0.39, 0.29) is 12.2 Å². The predicted octanol–water partition coefficient (Wildman–Crippen LogP) is 1.57. The Kier molecular flexibility index (Phi) is 2.05. The molecule has 1 saturated heterocycles. The molecule has 0 radical (unpaired) electrons. The predicted molar refractivity (Wildman–Crippen MR) is 45.7 cm³/mol. The molecular formula is C10H10F2O2. The van der Waals surface area contributed by atoms with Crippen LogP contribution in [0.5, 0.6) is 0 Å². The van der Waals surface area contributed by atoms with Crippen LogP contribution in [0.2, 0.25) is 0 Å². The maximum absolute atomic E-state index is 13.3. The minimum Gasteiger partial charge on any atom is -0.390 e. The van der Waals surface area contributed by atoms with Crippen LogP contribution in [0.3, 0.4) is 0 Å². The smallest absolute Gasteiger partial charge is 0.145 e. The van der Waals surface area contributed by atoms with Crippen molar-refractivity contribution in [2.45, 2.75) is 18.6 Å². The third kappa shape index (κ3) is 1.31. The number of aliphatic hydroxyl groups is 1. The lowest BCUT2D eigenvalue weighted by atomic mass is 9.94.